The van der Waals surface area contributed by atoms with Gasteiger partial charge in [0.05, 0.1) is 18.4 Å². The average Bonchev–Trinajstić information content (AvgIpc) is 2.48. The Hall–Kier alpha value is -1.21. The van der Waals surface area contributed by atoms with Crippen LogP contribution in [0, 0.1) is 0 Å². The number of amides is 1. The molecular formula is C15H19BrCl2N4O. The van der Waals surface area contributed by atoms with Crippen LogP contribution in [0.5, 0.6) is 0 Å². The molecule has 2 rings (SSSR count). The fraction of sp³-hybridized carbons (Fsp3) is 0.267. The normalized spacial score (nSPS) is 12.3. The average molecular weight is 422 g/mol. The largest absolute Gasteiger partial charge is 0.338 e. The number of halogens is 3. The number of benzene rings is 1. The Morgan fingerprint density at radius 3 is 2.39 bits per heavy atom. The van der Waals surface area contributed by atoms with Crippen molar-refractivity contribution in [1.82, 2.24) is 14.9 Å². The Morgan fingerprint density at radius 1 is 1.26 bits per heavy atom. The molecule has 0 spiro atoms. The lowest BCUT2D eigenvalue weighted by atomic mass is 9.92. The van der Waals surface area contributed by atoms with E-state index in [0.29, 0.717) is 6.54 Å². The van der Waals surface area contributed by atoms with Crippen LogP contribution in [0.15, 0.2) is 47.3 Å². The van der Waals surface area contributed by atoms with Crippen molar-refractivity contribution in [3.63, 3.8) is 0 Å². The third kappa shape index (κ3) is 5.42. The molecule has 2 N–H and O–H groups in total. The zero-order valence-electron chi connectivity index (χ0n) is 12.8. The van der Waals surface area contributed by atoms with Crippen LogP contribution in [0.1, 0.15) is 18.2 Å². The highest BCUT2D eigenvalue weighted by molar-refractivity contribution is 9.10. The number of hydrogen-bond acceptors (Lipinski definition) is 4. The first-order valence-electron chi connectivity index (χ1n) is 6.46. The number of nitrogens with zero attached hydrogens (tertiary/aromatic N) is 3. The molecule has 0 fully saturated rings. The number of aromatic nitrogens is 2. The minimum atomic E-state index is -1.09. The molecule has 1 aromatic carbocycles. The molecule has 1 aromatic heterocycles. The van der Waals surface area contributed by atoms with Crippen molar-refractivity contribution < 1.29 is 4.79 Å². The summed E-state index contributed by atoms with van der Waals surface area (Å²) >= 11 is 3.37. The molecule has 0 aliphatic rings. The van der Waals surface area contributed by atoms with Crippen LogP contribution in [0.3, 0.4) is 0 Å². The first kappa shape index (κ1) is 21.8. The predicted octanol–water partition coefficient (Wildman–Crippen LogP) is 2.92. The molecule has 1 unspecified atom stereocenters. The third-order valence-electron chi connectivity index (χ3n) is 3.25. The van der Waals surface area contributed by atoms with Crippen LogP contribution in [0.4, 0.5) is 0 Å². The molecule has 0 aliphatic heterocycles. The third-order valence-corrected chi connectivity index (χ3v) is 3.78. The number of rotatable bonds is 4. The maximum Gasteiger partial charge on any atom is 0.247 e. The summed E-state index contributed by atoms with van der Waals surface area (Å²) in [7, 11) is 1.71. The van der Waals surface area contributed by atoms with Gasteiger partial charge in [-0.1, -0.05) is 28.1 Å². The zero-order valence-corrected chi connectivity index (χ0v) is 16.0. The van der Waals surface area contributed by atoms with Gasteiger partial charge in [-0.3, -0.25) is 14.8 Å². The van der Waals surface area contributed by atoms with Crippen molar-refractivity contribution in [3.05, 3.63) is 58.6 Å². The molecule has 23 heavy (non-hydrogen) atoms. The summed E-state index contributed by atoms with van der Waals surface area (Å²) in [5.41, 5.74) is 6.65. The van der Waals surface area contributed by atoms with Gasteiger partial charge in [0, 0.05) is 23.9 Å². The van der Waals surface area contributed by atoms with Crippen LogP contribution < -0.4 is 5.73 Å². The van der Waals surface area contributed by atoms with Crippen LogP contribution in [0.2, 0.25) is 0 Å². The van der Waals surface area contributed by atoms with E-state index in [1.54, 1.807) is 37.5 Å². The molecule has 1 amide bonds. The van der Waals surface area contributed by atoms with E-state index in [1.165, 1.54) is 0 Å². The maximum absolute atomic E-state index is 12.6. The first-order valence-corrected chi connectivity index (χ1v) is 7.26. The van der Waals surface area contributed by atoms with E-state index in [1.807, 2.05) is 24.3 Å². The fourth-order valence-electron chi connectivity index (χ4n) is 2.04. The van der Waals surface area contributed by atoms with Crippen molar-refractivity contribution in [1.29, 1.82) is 0 Å². The Balaban J connectivity index is 0.00000242. The van der Waals surface area contributed by atoms with Crippen LogP contribution >= 0.6 is 40.7 Å². The van der Waals surface area contributed by atoms with E-state index in [4.69, 9.17) is 5.73 Å². The maximum atomic E-state index is 12.6. The molecule has 0 bridgehead atoms. The molecule has 1 heterocycles. The second-order valence-corrected chi connectivity index (χ2v) is 5.98. The van der Waals surface area contributed by atoms with Crippen molar-refractivity contribution >= 4 is 46.7 Å². The number of nitrogens with two attached hydrogens (primary N) is 1. The molecule has 0 saturated heterocycles. The molecule has 2 aromatic rings. The Kier molecular flexibility index (Phi) is 8.69. The number of carbonyl (C=O) groups is 1. The lowest BCUT2D eigenvalue weighted by Crippen LogP contribution is -2.49. The van der Waals surface area contributed by atoms with Crippen LogP contribution in [-0.2, 0) is 16.9 Å². The quantitative estimate of drug-likeness (QED) is 0.823. The SMILES string of the molecule is CN(Cc1cnccn1)C(=O)C(C)(N)c1ccc(Br)cc1.Cl.Cl. The van der Waals surface area contributed by atoms with Crippen LogP contribution in [-0.4, -0.2) is 27.8 Å². The van der Waals surface area contributed by atoms with E-state index in [-0.39, 0.29) is 30.7 Å². The second-order valence-electron chi connectivity index (χ2n) is 5.07. The number of likely N-dealkylation sites (N-methyl/N-ethyl adjacent to an activating group) is 1. The van der Waals surface area contributed by atoms with Gasteiger partial charge in [0.2, 0.25) is 5.91 Å². The topological polar surface area (TPSA) is 72.1 Å². The minimum Gasteiger partial charge on any atom is -0.338 e. The fourth-order valence-corrected chi connectivity index (χ4v) is 2.31. The van der Waals surface area contributed by atoms with E-state index in [2.05, 4.69) is 25.9 Å². The highest BCUT2D eigenvalue weighted by atomic mass is 79.9. The van der Waals surface area contributed by atoms with Gasteiger partial charge >= 0.3 is 0 Å². The molecule has 0 aliphatic carbocycles. The summed E-state index contributed by atoms with van der Waals surface area (Å²) in [5, 5.41) is 0. The lowest BCUT2D eigenvalue weighted by molar-refractivity contribution is -0.136. The summed E-state index contributed by atoms with van der Waals surface area (Å²) in [5.74, 6) is -0.171. The summed E-state index contributed by atoms with van der Waals surface area (Å²) in [4.78, 5) is 22.3. The minimum absolute atomic E-state index is 0. The molecule has 0 radical (unpaired) electrons. The van der Waals surface area contributed by atoms with E-state index in [0.717, 1.165) is 15.7 Å². The van der Waals surface area contributed by atoms with Gasteiger partial charge in [-0.2, -0.15) is 0 Å². The summed E-state index contributed by atoms with van der Waals surface area (Å²) < 4.78 is 0.947. The summed E-state index contributed by atoms with van der Waals surface area (Å²) in [6.07, 6.45) is 4.83. The van der Waals surface area contributed by atoms with Gasteiger partial charge in [-0.15, -0.1) is 24.8 Å². The highest BCUT2D eigenvalue weighted by Crippen LogP contribution is 2.22. The van der Waals surface area contributed by atoms with E-state index < -0.39 is 5.54 Å². The number of hydrogen-bond donors (Lipinski definition) is 1. The predicted molar refractivity (Wildman–Crippen MR) is 98.7 cm³/mol. The summed E-state index contributed by atoms with van der Waals surface area (Å²) in [6, 6.07) is 7.43. The van der Waals surface area contributed by atoms with Gasteiger partial charge < -0.3 is 10.6 Å². The van der Waals surface area contributed by atoms with E-state index >= 15 is 0 Å². The van der Waals surface area contributed by atoms with Crippen molar-refractivity contribution in [2.75, 3.05) is 7.05 Å². The van der Waals surface area contributed by atoms with Gasteiger partial charge in [0.15, 0.2) is 0 Å². The Morgan fingerprint density at radius 2 is 1.87 bits per heavy atom. The lowest BCUT2D eigenvalue weighted by Gasteiger charge is -2.29. The van der Waals surface area contributed by atoms with Crippen molar-refractivity contribution in [3.8, 4) is 0 Å². The van der Waals surface area contributed by atoms with Crippen molar-refractivity contribution in [2.45, 2.75) is 19.0 Å². The molecule has 0 saturated carbocycles. The van der Waals surface area contributed by atoms with Crippen molar-refractivity contribution in [2.24, 2.45) is 5.73 Å². The molecular weight excluding hydrogens is 403 g/mol. The Bertz CT molecular complexity index is 623. The smallest absolute Gasteiger partial charge is 0.247 e. The van der Waals surface area contributed by atoms with Crippen LogP contribution in [0.25, 0.3) is 0 Å². The van der Waals surface area contributed by atoms with Gasteiger partial charge in [0.25, 0.3) is 0 Å². The molecule has 5 nitrogen and oxygen atoms in total. The first-order chi connectivity index (χ1) is 9.91. The second kappa shape index (κ2) is 9.17. The summed E-state index contributed by atoms with van der Waals surface area (Å²) in [6.45, 7) is 2.09. The highest BCUT2D eigenvalue weighted by Gasteiger charge is 2.33. The Labute approximate surface area is 156 Å². The van der Waals surface area contributed by atoms with Gasteiger partial charge in [0.1, 0.15) is 5.54 Å². The molecule has 8 heteroatoms. The standard InChI is InChI=1S/C15H17BrN4O.2ClH/c1-15(17,11-3-5-12(16)6-4-11)14(21)20(2)10-13-9-18-7-8-19-13;;/h3-9H,10,17H2,1-2H3;2*1H. The van der Waals surface area contributed by atoms with Gasteiger partial charge in [-0.05, 0) is 24.6 Å². The monoisotopic (exact) mass is 420 g/mol. The number of carbonyl (C=O) groups excluding carboxylic acids is 1. The molecule has 1 atom stereocenters. The van der Waals surface area contributed by atoms with Gasteiger partial charge in [-0.25, -0.2) is 0 Å². The van der Waals surface area contributed by atoms with E-state index in [9.17, 15) is 4.79 Å². The molecule has 126 valence electrons. The zero-order chi connectivity index (χ0) is 15.5.